The van der Waals surface area contributed by atoms with Crippen LogP contribution in [0.25, 0.3) is 0 Å². The molecule has 1 fully saturated rings. The minimum Gasteiger partial charge on any atom is -0.462 e. The molecule has 1 atom stereocenters. The molecule has 8 nitrogen and oxygen atoms in total. The molecule has 1 aliphatic rings. The highest BCUT2D eigenvalue weighted by molar-refractivity contribution is 7.10. The van der Waals surface area contributed by atoms with Crippen LogP contribution in [0.4, 0.5) is 10.5 Å². The van der Waals surface area contributed by atoms with Gasteiger partial charge in [0.25, 0.3) is 5.91 Å². The number of nitrogens with zero attached hydrogens (tertiary/aromatic N) is 1. The van der Waals surface area contributed by atoms with Gasteiger partial charge in [-0.05, 0) is 49.6 Å². The molecule has 28 heavy (non-hydrogen) atoms. The number of nitrogens with one attached hydrogen (secondary N) is 2. The summed E-state index contributed by atoms with van der Waals surface area (Å²) in [4.78, 5) is 50.5. The normalized spacial score (nSPS) is 18.7. The topological polar surface area (TPSA) is 105 Å². The summed E-state index contributed by atoms with van der Waals surface area (Å²) < 4.78 is 4.90. The summed E-state index contributed by atoms with van der Waals surface area (Å²) in [5, 5.41) is 7.07. The second kappa shape index (κ2) is 7.81. The van der Waals surface area contributed by atoms with Gasteiger partial charge in [0, 0.05) is 10.6 Å². The first-order valence-corrected chi connectivity index (χ1v) is 9.48. The number of hydrogen-bond donors (Lipinski definition) is 2. The number of ether oxygens (including phenoxy) is 1. The van der Waals surface area contributed by atoms with Crippen LogP contribution in [0.5, 0.6) is 0 Å². The van der Waals surface area contributed by atoms with E-state index in [0.717, 1.165) is 4.90 Å². The summed E-state index contributed by atoms with van der Waals surface area (Å²) in [5.41, 5.74) is -0.376. The van der Waals surface area contributed by atoms with Gasteiger partial charge < -0.3 is 15.4 Å². The minimum atomic E-state index is -1.17. The van der Waals surface area contributed by atoms with Crippen molar-refractivity contribution in [3.63, 3.8) is 0 Å². The van der Waals surface area contributed by atoms with Gasteiger partial charge in [0.2, 0.25) is 5.91 Å². The Balaban J connectivity index is 1.64. The maximum atomic E-state index is 12.7. The van der Waals surface area contributed by atoms with Crippen LogP contribution in [0.3, 0.4) is 0 Å². The molecule has 9 heteroatoms. The maximum absolute atomic E-state index is 12.7. The van der Waals surface area contributed by atoms with E-state index in [0.29, 0.717) is 16.1 Å². The van der Waals surface area contributed by atoms with E-state index in [9.17, 15) is 19.2 Å². The van der Waals surface area contributed by atoms with Gasteiger partial charge in [-0.3, -0.25) is 14.5 Å². The zero-order chi connectivity index (χ0) is 20.3. The molecule has 1 saturated heterocycles. The van der Waals surface area contributed by atoms with Crippen molar-refractivity contribution in [1.82, 2.24) is 10.2 Å². The Labute approximate surface area is 165 Å². The molecule has 0 radical (unpaired) electrons. The SMILES string of the molecule is CCOC(=O)c1ccc(NC(=O)CN2C(=O)NC(C)(c3cccs3)C2=O)cc1. The molecule has 1 unspecified atom stereocenters. The fourth-order valence-electron chi connectivity index (χ4n) is 2.82. The molecule has 1 aromatic heterocycles. The van der Waals surface area contributed by atoms with E-state index < -0.39 is 35.9 Å². The number of rotatable bonds is 6. The largest absolute Gasteiger partial charge is 0.462 e. The van der Waals surface area contributed by atoms with Crippen LogP contribution in [-0.4, -0.2) is 41.9 Å². The molecule has 2 heterocycles. The van der Waals surface area contributed by atoms with Gasteiger partial charge in [0.05, 0.1) is 12.2 Å². The number of urea groups is 1. The monoisotopic (exact) mass is 401 g/mol. The van der Waals surface area contributed by atoms with Gasteiger partial charge in [-0.15, -0.1) is 11.3 Å². The standard InChI is InChI=1S/C19H19N3O5S/c1-3-27-16(24)12-6-8-13(9-7-12)20-15(23)11-22-17(25)19(2,21-18(22)26)14-5-4-10-28-14/h4-10H,3,11H2,1-2H3,(H,20,23)(H,21,26). The van der Waals surface area contributed by atoms with E-state index in [4.69, 9.17) is 4.74 Å². The zero-order valence-corrected chi connectivity index (χ0v) is 16.2. The minimum absolute atomic E-state index is 0.271. The Morgan fingerprint density at radius 1 is 1.21 bits per heavy atom. The van der Waals surface area contributed by atoms with Gasteiger partial charge in [0.15, 0.2) is 5.54 Å². The number of carbonyl (C=O) groups excluding carboxylic acids is 4. The Bertz CT molecular complexity index is 910. The predicted octanol–water partition coefficient (Wildman–Crippen LogP) is 2.33. The number of hydrogen-bond acceptors (Lipinski definition) is 6. The summed E-state index contributed by atoms with van der Waals surface area (Å²) in [6.45, 7) is 3.19. The van der Waals surface area contributed by atoms with Gasteiger partial charge in [-0.25, -0.2) is 9.59 Å². The van der Waals surface area contributed by atoms with Crippen molar-refractivity contribution in [2.75, 3.05) is 18.5 Å². The van der Waals surface area contributed by atoms with Gasteiger partial charge in [-0.1, -0.05) is 6.07 Å². The number of thiophene rings is 1. The number of imide groups is 1. The van der Waals surface area contributed by atoms with Crippen LogP contribution < -0.4 is 10.6 Å². The van der Waals surface area contributed by atoms with Crippen molar-refractivity contribution in [2.45, 2.75) is 19.4 Å². The molecule has 3 rings (SSSR count). The van der Waals surface area contributed by atoms with Crippen molar-refractivity contribution in [3.8, 4) is 0 Å². The van der Waals surface area contributed by atoms with Gasteiger partial charge >= 0.3 is 12.0 Å². The third-order valence-electron chi connectivity index (χ3n) is 4.27. The van der Waals surface area contributed by atoms with Crippen LogP contribution in [0.2, 0.25) is 0 Å². The van der Waals surface area contributed by atoms with Crippen LogP contribution in [0.1, 0.15) is 29.1 Å². The third kappa shape index (κ3) is 3.74. The number of amides is 4. The first kappa shape index (κ1) is 19.6. The average molecular weight is 401 g/mol. The Morgan fingerprint density at radius 3 is 2.54 bits per heavy atom. The Kier molecular flexibility index (Phi) is 5.46. The lowest BCUT2D eigenvalue weighted by Gasteiger charge is -2.20. The van der Waals surface area contributed by atoms with Crippen LogP contribution in [0.15, 0.2) is 41.8 Å². The summed E-state index contributed by atoms with van der Waals surface area (Å²) in [7, 11) is 0. The van der Waals surface area contributed by atoms with Crippen LogP contribution >= 0.6 is 11.3 Å². The average Bonchev–Trinajstić information content (AvgIpc) is 3.27. The summed E-state index contributed by atoms with van der Waals surface area (Å²) in [6, 6.07) is 9.08. The summed E-state index contributed by atoms with van der Waals surface area (Å²) >= 11 is 1.35. The summed E-state index contributed by atoms with van der Waals surface area (Å²) in [5.74, 6) is -1.46. The van der Waals surface area contributed by atoms with E-state index in [2.05, 4.69) is 10.6 Å². The Morgan fingerprint density at radius 2 is 1.93 bits per heavy atom. The smallest absolute Gasteiger partial charge is 0.338 e. The maximum Gasteiger partial charge on any atom is 0.338 e. The second-order valence-electron chi connectivity index (χ2n) is 6.27. The molecule has 0 bridgehead atoms. The lowest BCUT2D eigenvalue weighted by atomic mass is 10.0. The van der Waals surface area contributed by atoms with E-state index in [1.165, 1.54) is 23.5 Å². The molecular weight excluding hydrogens is 382 g/mol. The lowest BCUT2D eigenvalue weighted by Crippen LogP contribution is -2.41. The van der Waals surface area contributed by atoms with E-state index >= 15 is 0 Å². The number of esters is 1. The number of anilines is 1. The van der Waals surface area contributed by atoms with E-state index in [1.807, 2.05) is 5.38 Å². The molecule has 4 amide bonds. The highest BCUT2D eigenvalue weighted by Crippen LogP contribution is 2.31. The van der Waals surface area contributed by atoms with Crippen molar-refractivity contribution < 1.29 is 23.9 Å². The molecule has 1 aliphatic heterocycles. The highest BCUT2D eigenvalue weighted by Gasteiger charge is 2.50. The molecule has 2 aromatic rings. The number of benzene rings is 1. The fraction of sp³-hybridized carbons (Fsp3) is 0.263. The van der Waals surface area contributed by atoms with Crippen molar-refractivity contribution >= 4 is 40.8 Å². The lowest BCUT2D eigenvalue weighted by molar-refractivity contribution is -0.133. The van der Waals surface area contributed by atoms with E-state index in [1.54, 1.807) is 38.1 Å². The van der Waals surface area contributed by atoms with Crippen LogP contribution in [-0.2, 0) is 19.9 Å². The second-order valence-corrected chi connectivity index (χ2v) is 7.22. The summed E-state index contributed by atoms with van der Waals surface area (Å²) in [6.07, 6.45) is 0. The molecule has 0 spiro atoms. The van der Waals surface area contributed by atoms with Crippen molar-refractivity contribution in [1.29, 1.82) is 0 Å². The first-order chi connectivity index (χ1) is 13.3. The third-order valence-corrected chi connectivity index (χ3v) is 5.36. The van der Waals surface area contributed by atoms with Gasteiger partial charge in [0.1, 0.15) is 6.54 Å². The van der Waals surface area contributed by atoms with Crippen molar-refractivity contribution in [2.24, 2.45) is 0 Å². The quantitative estimate of drug-likeness (QED) is 0.571. The Hall–Kier alpha value is -3.20. The zero-order valence-electron chi connectivity index (χ0n) is 15.4. The van der Waals surface area contributed by atoms with Crippen LogP contribution in [0, 0.1) is 0 Å². The fourth-order valence-corrected chi connectivity index (χ4v) is 3.65. The molecule has 2 N–H and O–H groups in total. The predicted molar refractivity (Wildman–Crippen MR) is 103 cm³/mol. The highest BCUT2D eigenvalue weighted by atomic mass is 32.1. The van der Waals surface area contributed by atoms with Crippen molar-refractivity contribution in [3.05, 3.63) is 52.2 Å². The van der Waals surface area contributed by atoms with E-state index in [-0.39, 0.29) is 6.61 Å². The first-order valence-electron chi connectivity index (χ1n) is 8.60. The molecule has 1 aromatic carbocycles. The number of carbonyl (C=O) groups is 4. The van der Waals surface area contributed by atoms with Gasteiger partial charge in [-0.2, -0.15) is 0 Å². The molecule has 146 valence electrons. The molecule has 0 saturated carbocycles. The molecule has 0 aliphatic carbocycles. The molecular formula is C19H19N3O5S.